The fourth-order valence-electron chi connectivity index (χ4n) is 1.28. The van der Waals surface area contributed by atoms with Crippen LogP contribution in [0.5, 0.6) is 0 Å². The summed E-state index contributed by atoms with van der Waals surface area (Å²) in [6.45, 7) is 7.86. The Hall–Kier alpha value is -1.56. The van der Waals surface area contributed by atoms with Crippen LogP contribution < -0.4 is 10.6 Å². The molecule has 1 rings (SSSR count). The molecule has 2 amide bonds. The first-order valence-electron chi connectivity index (χ1n) is 5.93. The van der Waals surface area contributed by atoms with E-state index in [-0.39, 0.29) is 18.0 Å². The number of aromatic nitrogens is 2. The van der Waals surface area contributed by atoms with Gasteiger partial charge >= 0.3 is 6.03 Å². The first-order valence-corrected chi connectivity index (χ1v) is 5.93. The summed E-state index contributed by atoms with van der Waals surface area (Å²) in [6.07, 6.45) is -0.589. The maximum absolute atomic E-state index is 11.6. The summed E-state index contributed by atoms with van der Waals surface area (Å²) in [7, 11) is 1.81. The van der Waals surface area contributed by atoms with Crippen LogP contribution >= 0.6 is 0 Å². The number of aliphatic hydroxyl groups is 1. The van der Waals surface area contributed by atoms with Crippen molar-refractivity contribution in [3.05, 3.63) is 11.8 Å². The monoisotopic (exact) mass is 254 g/mol. The summed E-state index contributed by atoms with van der Waals surface area (Å²) < 4.78 is 1.68. The van der Waals surface area contributed by atoms with E-state index < -0.39 is 6.10 Å². The molecule has 1 atom stereocenters. The standard InChI is InChI=1S/C12H22N4O2/c1-8-6-10(15-16(8)5)14-11(18)13-7-9(17)12(2,3)4/h6,9,17H,7H2,1-5H3,(H2,13,14,15,18). The van der Waals surface area contributed by atoms with E-state index in [1.165, 1.54) is 0 Å². The van der Waals surface area contributed by atoms with Crippen LogP contribution in [-0.2, 0) is 7.05 Å². The van der Waals surface area contributed by atoms with Gasteiger partial charge in [0.25, 0.3) is 0 Å². The van der Waals surface area contributed by atoms with E-state index in [4.69, 9.17) is 0 Å². The number of rotatable bonds is 3. The van der Waals surface area contributed by atoms with E-state index in [1.54, 1.807) is 10.7 Å². The van der Waals surface area contributed by atoms with Gasteiger partial charge in [-0.2, -0.15) is 5.10 Å². The molecular weight excluding hydrogens is 232 g/mol. The lowest BCUT2D eigenvalue weighted by Crippen LogP contribution is -2.40. The summed E-state index contributed by atoms with van der Waals surface area (Å²) in [4.78, 5) is 11.6. The third-order valence-corrected chi connectivity index (χ3v) is 2.81. The number of amides is 2. The third kappa shape index (κ3) is 4.03. The van der Waals surface area contributed by atoms with Crippen LogP contribution in [0.3, 0.4) is 0 Å². The van der Waals surface area contributed by atoms with Crippen LogP contribution in [-0.4, -0.2) is 33.6 Å². The molecule has 102 valence electrons. The number of nitrogens with zero attached hydrogens (tertiary/aromatic N) is 2. The van der Waals surface area contributed by atoms with E-state index in [0.29, 0.717) is 5.82 Å². The zero-order chi connectivity index (χ0) is 13.9. The zero-order valence-corrected chi connectivity index (χ0v) is 11.6. The largest absolute Gasteiger partial charge is 0.391 e. The molecule has 1 aromatic heterocycles. The molecule has 0 aliphatic carbocycles. The molecule has 0 bridgehead atoms. The molecule has 0 spiro atoms. The summed E-state index contributed by atoms with van der Waals surface area (Å²) in [5, 5.41) is 19.1. The van der Waals surface area contributed by atoms with Crippen molar-refractivity contribution >= 4 is 11.8 Å². The van der Waals surface area contributed by atoms with Gasteiger partial charge in [0.1, 0.15) is 0 Å². The van der Waals surface area contributed by atoms with Gasteiger partial charge in [-0.3, -0.25) is 10.00 Å². The second-order valence-electron chi connectivity index (χ2n) is 5.51. The number of aryl methyl sites for hydroxylation is 2. The third-order valence-electron chi connectivity index (χ3n) is 2.81. The first kappa shape index (κ1) is 14.5. The number of hydrogen-bond donors (Lipinski definition) is 3. The van der Waals surface area contributed by atoms with Gasteiger partial charge in [0.05, 0.1) is 6.10 Å². The van der Waals surface area contributed by atoms with Gasteiger partial charge in [-0.05, 0) is 12.3 Å². The number of aliphatic hydroxyl groups excluding tert-OH is 1. The molecule has 0 radical (unpaired) electrons. The molecule has 1 unspecified atom stereocenters. The molecule has 18 heavy (non-hydrogen) atoms. The lowest BCUT2D eigenvalue weighted by molar-refractivity contribution is 0.0654. The van der Waals surface area contributed by atoms with Crippen LogP contribution in [0.25, 0.3) is 0 Å². The number of nitrogens with one attached hydrogen (secondary N) is 2. The predicted octanol–water partition coefficient (Wildman–Crippen LogP) is 1.26. The second kappa shape index (κ2) is 5.39. The number of urea groups is 1. The van der Waals surface area contributed by atoms with Crippen molar-refractivity contribution < 1.29 is 9.90 Å². The first-order chi connectivity index (χ1) is 8.20. The molecule has 0 saturated carbocycles. The lowest BCUT2D eigenvalue weighted by Gasteiger charge is -2.25. The maximum Gasteiger partial charge on any atom is 0.320 e. The molecule has 6 nitrogen and oxygen atoms in total. The molecule has 0 aliphatic heterocycles. The average Bonchev–Trinajstić information content (AvgIpc) is 2.53. The van der Waals surface area contributed by atoms with Gasteiger partial charge in [0.2, 0.25) is 0 Å². The van der Waals surface area contributed by atoms with Crippen LogP contribution in [0.2, 0.25) is 0 Å². The minimum atomic E-state index is -0.589. The van der Waals surface area contributed by atoms with E-state index in [9.17, 15) is 9.90 Å². The Bertz CT molecular complexity index is 401. The Morgan fingerprint density at radius 3 is 2.61 bits per heavy atom. The molecule has 1 aromatic rings. The average molecular weight is 254 g/mol. The Balaban J connectivity index is 2.43. The smallest absolute Gasteiger partial charge is 0.320 e. The molecule has 1 heterocycles. The normalized spacial score (nSPS) is 13.2. The SMILES string of the molecule is Cc1cc(NC(=O)NCC(O)C(C)(C)C)nn1C. The van der Waals surface area contributed by atoms with Crippen molar-refractivity contribution in [1.29, 1.82) is 0 Å². The zero-order valence-electron chi connectivity index (χ0n) is 11.6. The molecule has 0 saturated heterocycles. The van der Waals surface area contributed by atoms with Crippen molar-refractivity contribution in [3.8, 4) is 0 Å². The van der Waals surface area contributed by atoms with Crippen molar-refractivity contribution in [2.24, 2.45) is 12.5 Å². The van der Waals surface area contributed by atoms with Gasteiger partial charge in [-0.1, -0.05) is 20.8 Å². The van der Waals surface area contributed by atoms with Crippen LogP contribution in [0.1, 0.15) is 26.5 Å². The van der Waals surface area contributed by atoms with Crippen molar-refractivity contribution in [3.63, 3.8) is 0 Å². The predicted molar refractivity (Wildman–Crippen MR) is 70.4 cm³/mol. The summed E-state index contributed by atoms with van der Waals surface area (Å²) in [5.74, 6) is 0.498. The van der Waals surface area contributed by atoms with Crippen molar-refractivity contribution in [2.75, 3.05) is 11.9 Å². The highest BCUT2D eigenvalue weighted by atomic mass is 16.3. The Morgan fingerprint density at radius 1 is 1.56 bits per heavy atom. The van der Waals surface area contributed by atoms with Crippen LogP contribution in [0.15, 0.2) is 6.07 Å². The number of carbonyl (C=O) groups is 1. The Morgan fingerprint density at radius 2 is 2.17 bits per heavy atom. The Labute approximate surface area is 107 Å². The van der Waals surface area contributed by atoms with E-state index in [2.05, 4.69) is 15.7 Å². The fourth-order valence-corrected chi connectivity index (χ4v) is 1.28. The molecular formula is C12H22N4O2. The van der Waals surface area contributed by atoms with E-state index in [1.807, 2.05) is 34.7 Å². The highest BCUT2D eigenvalue weighted by molar-refractivity contribution is 5.88. The highest BCUT2D eigenvalue weighted by Crippen LogP contribution is 2.18. The van der Waals surface area contributed by atoms with Gasteiger partial charge < -0.3 is 10.4 Å². The lowest BCUT2D eigenvalue weighted by atomic mass is 9.89. The molecule has 0 aliphatic rings. The summed E-state index contributed by atoms with van der Waals surface area (Å²) >= 11 is 0. The van der Waals surface area contributed by atoms with E-state index >= 15 is 0 Å². The quantitative estimate of drug-likeness (QED) is 0.759. The van der Waals surface area contributed by atoms with Gasteiger partial charge in [-0.25, -0.2) is 4.79 Å². The minimum Gasteiger partial charge on any atom is -0.391 e. The molecule has 0 aromatic carbocycles. The maximum atomic E-state index is 11.6. The minimum absolute atomic E-state index is 0.209. The number of hydrogen-bond acceptors (Lipinski definition) is 3. The number of carbonyl (C=O) groups excluding carboxylic acids is 1. The number of anilines is 1. The highest BCUT2D eigenvalue weighted by Gasteiger charge is 2.22. The molecule has 6 heteroatoms. The van der Waals surface area contributed by atoms with Gasteiger partial charge in [0.15, 0.2) is 5.82 Å². The van der Waals surface area contributed by atoms with Crippen molar-refractivity contribution in [2.45, 2.75) is 33.8 Å². The second-order valence-corrected chi connectivity index (χ2v) is 5.51. The summed E-state index contributed by atoms with van der Waals surface area (Å²) in [5.41, 5.74) is 0.703. The van der Waals surface area contributed by atoms with Crippen LogP contribution in [0.4, 0.5) is 10.6 Å². The molecule has 3 N–H and O–H groups in total. The van der Waals surface area contributed by atoms with Gasteiger partial charge in [-0.15, -0.1) is 0 Å². The fraction of sp³-hybridized carbons (Fsp3) is 0.667. The van der Waals surface area contributed by atoms with Crippen LogP contribution in [0, 0.1) is 12.3 Å². The van der Waals surface area contributed by atoms with Crippen molar-refractivity contribution in [1.82, 2.24) is 15.1 Å². The van der Waals surface area contributed by atoms with Gasteiger partial charge in [0, 0.05) is 25.4 Å². The van der Waals surface area contributed by atoms with E-state index in [0.717, 1.165) is 5.69 Å². The summed E-state index contributed by atoms with van der Waals surface area (Å²) in [6, 6.07) is 1.41. The molecule has 0 fully saturated rings. The Kier molecular flexibility index (Phi) is 4.34. The topological polar surface area (TPSA) is 79.2 Å².